The van der Waals surface area contributed by atoms with E-state index in [2.05, 4.69) is 4.98 Å². The number of aryl methyl sites for hydroxylation is 1. The highest BCUT2D eigenvalue weighted by atomic mass is 32.1. The van der Waals surface area contributed by atoms with Gasteiger partial charge in [-0.15, -0.1) is 0 Å². The number of ketones is 2. The quantitative estimate of drug-likeness (QED) is 0.170. The first-order valence-corrected chi connectivity index (χ1v) is 12.4. The summed E-state index contributed by atoms with van der Waals surface area (Å²) in [5.41, 5.74) is 1.21. The maximum atomic E-state index is 13.4. The van der Waals surface area contributed by atoms with Gasteiger partial charge in [-0.25, -0.2) is 9.78 Å². The molecular weight excluding hydrogens is 512 g/mol. The first-order chi connectivity index (χ1) is 18.2. The van der Waals surface area contributed by atoms with Crippen molar-refractivity contribution < 1.29 is 38.5 Å². The molecule has 10 nitrogen and oxygen atoms in total. The van der Waals surface area contributed by atoms with Crippen LogP contribution in [0.1, 0.15) is 49.8 Å². The average molecular weight is 535 g/mol. The first-order valence-electron chi connectivity index (χ1n) is 11.6. The molecule has 0 radical (unpaired) electrons. The summed E-state index contributed by atoms with van der Waals surface area (Å²) in [5, 5.41) is 11.5. The van der Waals surface area contributed by atoms with E-state index in [-0.39, 0.29) is 27.6 Å². The molecule has 2 aliphatic rings. The van der Waals surface area contributed by atoms with Gasteiger partial charge in [-0.1, -0.05) is 23.5 Å². The Morgan fingerprint density at radius 1 is 1.05 bits per heavy atom. The maximum Gasteiger partial charge on any atom is 0.337 e. The number of methoxy groups -OCH3 is 1. The Hall–Kier alpha value is -4.51. The number of aromatic nitrogens is 1. The second-order valence-corrected chi connectivity index (χ2v) is 9.59. The number of fused-ring (bicyclic) bond motifs is 1. The number of hydrogen-bond acceptors (Lipinski definition) is 10. The highest BCUT2D eigenvalue weighted by molar-refractivity contribution is 7.18. The van der Waals surface area contributed by atoms with Crippen molar-refractivity contribution in [1.29, 1.82) is 0 Å². The standard InChI is InChI=1S/C27H22N2O8S/c1-13-24(14(2)30)38-27(28-13)29-21(15-4-6-16(7-5-15)26(34)35-3)20(23(32)25(29)33)22(31)17-8-9-18-19(12-17)37-11-10-36-18/h4-9,12,21,31H,10-11H2,1-3H3/b22-20+. The third-order valence-corrected chi connectivity index (χ3v) is 7.48. The molecule has 3 heterocycles. The summed E-state index contributed by atoms with van der Waals surface area (Å²) in [5.74, 6) is -2.12. The van der Waals surface area contributed by atoms with E-state index in [0.717, 1.165) is 11.3 Å². The molecule has 1 atom stereocenters. The molecule has 194 valence electrons. The molecule has 38 heavy (non-hydrogen) atoms. The lowest BCUT2D eigenvalue weighted by Crippen LogP contribution is -2.29. The molecule has 1 N–H and O–H groups in total. The fraction of sp³-hybridized carbons (Fsp3) is 0.222. The van der Waals surface area contributed by atoms with E-state index in [1.54, 1.807) is 31.2 Å². The Morgan fingerprint density at radius 3 is 2.34 bits per heavy atom. The first kappa shape index (κ1) is 25.2. The molecule has 5 rings (SSSR count). The third-order valence-electron chi connectivity index (χ3n) is 6.22. The topological polar surface area (TPSA) is 132 Å². The minimum atomic E-state index is -1.08. The monoisotopic (exact) mass is 534 g/mol. The van der Waals surface area contributed by atoms with E-state index in [1.807, 2.05) is 0 Å². The number of Topliss-reactive ketones (excluding diaryl/α,β-unsaturated/α-hetero) is 2. The zero-order chi connectivity index (χ0) is 27.1. The van der Waals surface area contributed by atoms with Crippen LogP contribution in [0.4, 0.5) is 5.13 Å². The molecule has 1 unspecified atom stereocenters. The number of aliphatic hydroxyl groups is 1. The number of ether oxygens (including phenoxy) is 3. The summed E-state index contributed by atoms with van der Waals surface area (Å²) in [6.45, 7) is 3.75. The van der Waals surface area contributed by atoms with Crippen LogP contribution >= 0.6 is 11.3 Å². The summed E-state index contributed by atoms with van der Waals surface area (Å²) >= 11 is 0.986. The molecule has 0 bridgehead atoms. The Labute approximate surface area is 221 Å². The Balaban J connectivity index is 1.68. The molecule has 1 aromatic heterocycles. The van der Waals surface area contributed by atoms with Gasteiger partial charge in [0.2, 0.25) is 0 Å². The van der Waals surface area contributed by atoms with Crippen molar-refractivity contribution in [3.05, 3.63) is 75.3 Å². The SMILES string of the molecule is COC(=O)c1ccc(C2/C(=C(\O)c3ccc4c(c3)OCCO4)C(=O)C(=O)N2c2nc(C)c(C(C)=O)s2)cc1. The number of esters is 1. The summed E-state index contributed by atoms with van der Waals surface area (Å²) in [4.78, 5) is 56.7. The van der Waals surface area contributed by atoms with Gasteiger partial charge in [0, 0.05) is 12.5 Å². The van der Waals surface area contributed by atoms with Gasteiger partial charge >= 0.3 is 11.9 Å². The lowest BCUT2D eigenvalue weighted by atomic mass is 9.94. The number of aliphatic hydroxyl groups excluding tert-OH is 1. The van der Waals surface area contributed by atoms with Gasteiger partial charge in [-0.05, 0) is 42.8 Å². The van der Waals surface area contributed by atoms with E-state index < -0.39 is 29.5 Å². The molecule has 1 fully saturated rings. The van der Waals surface area contributed by atoms with Crippen LogP contribution in [-0.2, 0) is 14.3 Å². The van der Waals surface area contributed by atoms with E-state index >= 15 is 0 Å². The fourth-order valence-corrected chi connectivity index (χ4v) is 5.41. The lowest BCUT2D eigenvalue weighted by Gasteiger charge is -2.23. The van der Waals surface area contributed by atoms with Crippen LogP contribution in [0.3, 0.4) is 0 Å². The van der Waals surface area contributed by atoms with Crippen molar-refractivity contribution in [2.24, 2.45) is 0 Å². The molecule has 2 aliphatic heterocycles. The van der Waals surface area contributed by atoms with E-state index in [0.29, 0.717) is 40.8 Å². The smallest absolute Gasteiger partial charge is 0.337 e. The Morgan fingerprint density at radius 2 is 1.71 bits per heavy atom. The highest BCUT2D eigenvalue weighted by Crippen LogP contribution is 2.44. The number of hydrogen-bond donors (Lipinski definition) is 1. The Kier molecular flexibility index (Phi) is 6.45. The normalized spacial score (nSPS) is 18.0. The zero-order valence-corrected chi connectivity index (χ0v) is 21.5. The third kappa shape index (κ3) is 4.20. The number of carbonyl (C=O) groups excluding carboxylic acids is 4. The zero-order valence-electron chi connectivity index (χ0n) is 20.6. The van der Waals surface area contributed by atoms with Gasteiger partial charge in [0.15, 0.2) is 22.4 Å². The molecule has 0 saturated carbocycles. The van der Waals surface area contributed by atoms with Crippen molar-refractivity contribution in [1.82, 2.24) is 4.98 Å². The van der Waals surface area contributed by atoms with E-state index in [9.17, 15) is 24.3 Å². The molecular formula is C27H22N2O8S. The predicted octanol–water partition coefficient (Wildman–Crippen LogP) is 3.84. The number of benzene rings is 2. The second-order valence-electron chi connectivity index (χ2n) is 8.61. The van der Waals surface area contributed by atoms with Crippen LogP contribution in [0.2, 0.25) is 0 Å². The van der Waals surface area contributed by atoms with E-state index in [4.69, 9.17) is 14.2 Å². The number of anilines is 1. The highest BCUT2D eigenvalue weighted by Gasteiger charge is 2.48. The number of rotatable bonds is 5. The summed E-state index contributed by atoms with van der Waals surface area (Å²) in [7, 11) is 1.26. The van der Waals surface area contributed by atoms with Gasteiger partial charge in [0.05, 0.1) is 34.9 Å². The van der Waals surface area contributed by atoms with Gasteiger partial charge in [-0.2, -0.15) is 0 Å². The molecule has 0 spiro atoms. The van der Waals surface area contributed by atoms with E-state index in [1.165, 1.54) is 37.1 Å². The van der Waals surface area contributed by atoms with Crippen LogP contribution in [0.15, 0.2) is 48.0 Å². The summed E-state index contributed by atoms with van der Waals surface area (Å²) in [6.07, 6.45) is 0. The van der Waals surface area contributed by atoms with Crippen molar-refractivity contribution in [3.8, 4) is 11.5 Å². The van der Waals surface area contributed by atoms with Crippen LogP contribution in [0.25, 0.3) is 5.76 Å². The minimum absolute atomic E-state index is 0.137. The van der Waals surface area contributed by atoms with Gasteiger partial charge in [-0.3, -0.25) is 19.3 Å². The molecule has 2 aromatic carbocycles. The van der Waals surface area contributed by atoms with Crippen LogP contribution in [0.5, 0.6) is 11.5 Å². The molecule has 1 amide bonds. The summed E-state index contributed by atoms with van der Waals surface area (Å²) in [6, 6.07) is 9.77. The maximum absolute atomic E-state index is 13.4. The van der Waals surface area contributed by atoms with Crippen molar-refractivity contribution >= 4 is 45.7 Å². The number of carbonyl (C=O) groups is 4. The largest absolute Gasteiger partial charge is 0.507 e. The molecule has 11 heteroatoms. The van der Waals surface area contributed by atoms with Gasteiger partial charge < -0.3 is 19.3 Å². The molecule has 3 aromatic rings. The van der Waals surface area contributed by atoms with Crippen molar-refractivity contribution in [3.63, 3.8) is 0 Å². The molecule has 0 aliphatic carbocycles. The van der Waals surface area contributed by atoms with Gasteiger partial charge in [0.25, 0.3) is 5.78 Å². The fourth-order valence-electron chi connectivity index (χ4n) is 4.42. The van der Waals surface area contributed by atoms with Crippen LogP contribution in [-0.4, -0.2) is 53.9 Å². The lowest BCUT2D eigenvalue weighted by molar-refractivity contribution is -0.132. The predicted molar refractivity (Wildman–Crippen MR) is 137 cm³/mol. The van der Waals surface area contributed by atoms with Crippen LogP contribution in [0, 0.1) is 6.92 Å². The Bertz CT molecular complexity index is 1520. The minimum Gasteiger partial charge on any atom is -0.507 e. The number of amides is 1. The number of thiazole rings is 1. The van der Waals surface area contributed by atoms with Crippen molar-refractivity contribution in [2.45, 2.75) is 19.9 Å². The molecule has 1 saturated heterocycles. The second kappa shape index (κ2) is 9.75. The van der Waals surface area contributed by atoms with Crippen molar-refractivity contribution in [2.75, 3.05) is 25.2 Å². The average Bonchev–Trinajstić information content (AvgIpc) is 3.44. The van der Waals surface area contributed by atoms with Gasteiger partial charge in [0.1, 0.15) is 19.0 Å². The summed E-state index contributed by atoms with van der Waals surface area (Å²) < 4.78 is 15.9. The number of nitrogens with zero attached hydrogens (tertiary/aromatic N) is 2. The van der Waals surface area contributed by atoms with Crippen LogP contribution < -0.4 is 14.4 Å².